The Bertz CT molecular complexity index is 568. The highest BCUT2D eigenvalue weighted by Gasteiger charge is 2.21. The standard InChI is InChI=1S/C8H3BrClF2NO2S/c9-7-5(3-13)1-4(8(11)12)2-6(7)16(10,14)15/h1-2,8H. The van der Waals surface area contributed by atoms with E-state index in [1.807, 2.05) is 0 Å². The van der Waals surface area contributed by atoms with Crippen molar-refractivity contribution in [3.63, 3.8) is 0 Å². The highest BCUT2D eigenvalue weighted by Crippen LogP contribution is 2.32. The van der Waals surface area contributed by atoms with Gasteiger partial charge in [-0.25, -0.2) is 17.2 Å². The van der Waals surface area contributed by atoms with Crippen molar-refractivity contribution in [2.45, 2.75) is 11.3 Å². The molecule has 0 saturated carbocycles. The number of hydrogen-bond donors (Lipinski definition) is 0. The lowest BCUT2D eigenvalue weighted by Crippen LogP contribution is -1.98. The third-order valence-electron chi connectivity index (χ3n) is 1.70. The summed E-state index contributed by atoms with van der Waals surface area (Å²) in [6.07, 6.45) is -2.88. The van der Waals surface area contributed by atoms with Crippen LogP contribution in [0.2, 0.25) is 0 Å². The van der Waals surface area contributed by atoms with Crippen molar-refractivity contribution in [3.05, 3.63) is 27.7 Å². The Morgan fingerprint density at radius 3 is 2.38 bits per heavy atom. The van der Waals surface area contributed by atoms with Gasteiger partial charge in [0.05, 0.1) is 14.9 Å². The summed E-state index contributed by atoms with van der Waals surface area (Å²) >= 11 is 2.83. The summed E-state index contributed by atoms with van der Waals surface area (Å²) < 4.78 is 46.9. The topological polar surface area (TPSA) is 57.9 Å². The van der Waals surface area contributed by atoms with Crippen LogP contribution < -0.4 is 0 Å². The number of hydrogen-bond acceptors (Lipinski definition) is 3. The maximum atomic E-state index is 12.4. The van der Waals surface area contributed by atoms with Crippen LogP contribution in [0.15, 0.2) is 21.5 Å². The smallest absolute Gasteiger partial charge is 0.207 e. The van der Waals surface area contributed by atoms with Gasteiger partial charge in [-0.2, -0.15) is 5.26 Å². The van der Waals surface area contributed by atoms with Gasteiger partial charge in [0, 0.05) is 16.2 Å². The Kier molecular flexibility index (Phi) is 3.88. The van der Waals surface area contributed by atoms with Crippen molar-refractivity contribution in [2.75, 3.05) is 0 Å². The quantitative estimate of drug-likeness (QED) is 0.783. The molecular formula is C8H3BrClF2NO2S. The first-order chi connectivity index (χ1) is 7.27. The summed E-state index contributed by atoms with van der Waals surface area (Å²) in [5.74, 6) is 0. The van der Waals surface area contributed by atoms with Crippen LogP contribution in [0.5, 0.6) is 0 Å². The molecule has 3 nitrogen and oxygen atoms in total. The SMILES string of the molecule is N#Cc1cc(C(F)F)cc(S(=O)(=O)Cl)c1Br. The van der Waals surface area contributed by atoms with Crippen LogP contribution in [0.3, 0.4) is 0 Å². The monoisotopic (exact) mass is 329 g/mol. The second-order valence-corrected chi connectivity index (χ2v) is 6.06. The Morgan fingerprint density at radius 2 is 2.00 bits per heavy atom. The second kappa shape index (κ2) is 4.65. The first-order valence-corrected chi connectivity index (χ1v) is 6.84. The highest BCUT2D eigenvalue weighted by atomic mass is 79.9. The van der Waals surface area contributed by atoms with Crippen molar-refractivity contribution in [3.8, 4) is 6.07 Å². The molecule has 0 unspecified atom stereocenters. The predicted molar refractivity (Wildman–Crippen MR) is 56.9 cm³/mol. The normalized spacial score (nSPS) is 11.5. The van der Waals surface area contributed by atoms with E-state index < -0.39 is 25.9 Å². The molecule has 0 N–H and O–H groups in total. The number of benzene rings is 1. The molecule has 0 bridgehead atoms. The minimum absolute atomic E-state index is 0.116. The van der Waals surface area contributed by atoms with Crippen molar-refractivity contribution < 1.29 is 17.2 Å². The van der Waals surface area contributed by atoms with E-state index in [9.17, 15) is 17.2 Å². The third kappa shape index (κ3) is 2.70. The summed E-state index contributed by atoms with van der Waals surface area (Å²) in [5, 5.41) is 8.65. The Morgan fingerprint density at radius 1 is 1.44 bits per heavy atom. The van der Waals surface area contributed by atoms with Crippen LogP contribution in [-0.2, 0) is 9.05 Å². The van der Waals surface area contributed by atoms with Crippen LogP contribution in [0.1, 0.15) is 17.6 Å². The second-order valence-electron chi connectivity index (χ2n) is 2.73. The largest absolute Gasteiger partial charge is 0.263 e. The summed E-state index contributed by atoms with van der Waals surface area (Å²) in [7, 11) is 0.876. The van der Waals surface area contributed by atoms with Crippen molar-refractivity contribution in [1.29, 1.82) is 5.26 Å². The molecular weight excluding hydrogens is 328 g/mol. The average molecular weight is 331 g/mol. The molecule has 0 aliphatic heterocycles. The van der Waals surface area contributed by atoms with Crippen LogP contribution in [0.25, 0.3) is 0 Å². The van der Waals surface area contributed by atoms with Gasteiger partial charge >= 0.3 is 0 Å². The summed E-state index contributed by atoms with van der Waals surface area (Å²) in [6, 6.07) is 3.24. The zero-order valence-corrected chi connectivity index (χ0v) is 10.6. The van der Waals surface area contributed by atoms with Gasteiger partial charge in [-0.05, 0) is 28.1 Å². The van der Waals surface area contributed by atoms with E-state index >= 15 is 0 Å². The molecule has 0 aromatic heterocycles. The van der Waals surface area contributed by atoms with Gasteiger partial charge in [-0.1, -0.05) is 0 Å². The molecule has 0 spiro atoms. The fraction of sp³-hybridized carbons (Fsp3) is 0.125. The van der Waals surface area contributed by atoms with E-state index in [1.165, 1.54) is 0 Å². The fourth-order valence-electron chi connectivity index (χ4n) is 1.00. The molecule has 0 aliphatic carbocycles. The third-order valence-corrected chi connectivity index (χ3v) is 4.16. The van der Waals surface area contributed by atoms with Gasteiger partial charge in [-0.3, -0.25) is 0 Å². The zero-order valence-electron chi connectivity index (χ0n) is 7.42. The van der Waals surface area contributed by atoms with Crippen LogP contribution in [0, 0.1) is 11.3 Å². The summed E-state index contributed by atoms with van der Waals surface area (Å²) in [6.45, 7) is 0. The van der Waals surface area contributed by atoms with Crippen LogP contribution in [0.4, 0.5) is 8.78 Å². The van der Waals surface area contributed by atoms with E-state index in [-0.39, 0.29) is 10.0 Å². The molecule has 8 heteroatoms. The Balaban J connectivity index is 3.63. The fourth-order valence-corrected chi connectivity index (χ4v) is 3.21. The van der Waals surface area contributed by atoms with E-state index in [4.69, 9.17) is 15.9 Å². The molecule has 0 radical (unpaired) electrons. The first-order valence-electron chi connectivity index (χ1n) is 3.73. The lowest BCUT2D eigenvalue weighted by Gasteiger charge is -2.06. The minimum Gasteiger partial charge on any atom is -0.207 e. The zero-order chi connectivity index (χ0) is 12.5. The Hall–Kier alpha value is -0.710. The Labute approximate surface area is 103 Å². The molecule has 1 aromatic carbocycles. The van der Waals surface area contributed by atoms with Gasteiger partial charge in [0.25, 0.3) is 15.5 Å². The molecule has 16 heavy (non-hydrogen) atoms. The highest BCUT2D eigenvalue weighted by molar-refractivity contribution is 9.10. The number of halogens is 4. The van der Waals surface area contributed by atoms with E-state index in [2.05, 4.69) is 15.9 Å². The van der Waals surface area contributed by atoms with Crippen LogP contribution in [-0.4, -0.2) is 8.42 Å². The summed E-state index contributed by atoms with van der Waals surface area (Å²) in [5.41, 5.74) is -0.781. The molecule has 0 heterocycles. The van der Waals surface area contributed by atoms with Crippen molar-refractivity contribution in [1.82, 2.24) is 0 Å². The molecule has 0 amide bonds. The van der Waals surface area contributed by atoms with Gasteiger partial charge < -0.3 is 0 Å². The van der Waals surface area contributed by atoms with Gasteiger partial charge in [0.15, 0.2) is 0 Å². The number of alkyl halides is 2. The lowest BCUT2D eigenvalue weighted by atomic mass is 10.1. The maximum Gasteiger partial charge on any atom is 0.263 e. The molecule has 0 aliphatic rings. The maximum absolute atomic E-state index is 12.4. The first kappa shape index (κ1) is 13.4. The van der Waals surface area contributed by atoms with Crippen LogP contribution >= 0.6 is 26.6 Å². The average Bonchev–Trinajstić information content (AvgIpc) is 2.15. The van der Waals surface area contributed by atoms with E-state index in [1.54, 1.807) is 6.07 Å². The molecule has 1 rings (SSSR count). The van der Waals surface area contributed by atoms with E-state index in [0.29, 0.717) is 0 Å². The molecule has 0 saturated heterocycles. The lowest BCUT2D eigenvalue weighted by molar-refractivity contribution is 0.151. The van der Waals surface area contributed by atoms with Gasteiger partial charge in [0.1, 0.15) is 6.07 Å². The number of nitriles is 1. The number of rotatable bonds is 2. The number of nitrogens with zero attached hydrogens (tertiary/aromatic N) is 1. The van der Waals surface area contributed by atoms with Gasteiger partial charge in [0.2, 0.25) is 0 Å². The molecule has 0 fully saturated rings. The molecule has 86 valence electrons. The van der Waals surface area contributed by atoms with Gasteiger partial charge in [-0.15, -0.1) is 0 Å². The molecule has 1 aromatic rings. The summed E-state index contributed by atoms with van der Waals surface area (Å²) in [4.78, 5) is -0.538. The predicted octanol–water partition coefficient (Wildman–Crippen LogP) is 3.19. The molecule has 0 atom stereocenters. The minimum atomic E-state index is -4.18. The van der Waals surface area contributed by atoms with Crippen molar-refractivity contribution >= 4 is 35.7 Å². The van der Waals surface area contributed by atoms with Crippen molar-refractivity contribution in [2.24, 2.45) is 0 Å². The van der Waals surface area contributed by atoms with E-state index in [0.717, 1.165) is 12.1 Å².